The number of nitriles is 1. The van der Waals surface area contributed by atoms with Gasteiger partial charge in [-0.05, 0) is 18.7 Å². The molecule has 0 unspecified atom stereocenters. The first-order valence-corrected chi connectivity index (χ1v) is 6.25. The van der Waals surface area contributed by atoms with Crippen molar-refractivity contribution in [2.24, 2.45) is 0 Å². The van der Waals surface area contributed by atoms with Gasteiger partial charge in [0.1, 0.15) is 6.07 Å². The number of nitrogens with zero attached hydrogens (tertiary/aromatic N) is 2. The van der Waals surface area contributed by atoms with Crippen LogP contribution in [-0.4, -0.2) is 25.3 Å². The highest BCUT2D eigenvalue weighted by molar-refractivity contribution is 8.02. The van der Waals surface area contributed by atoms with Crippen molar-refractivity contribution in [1.82, 2.24) is 4.90 Å². The van der Waals surface area contributed by atoms with E-state index in [0.717, 1.165) is 16.2 Å². The third kappa shape index (κ3) is 2.80. The molecule has 0 saturated carbocycles. The first kappa shape index (κ1) is 12.7. The van der Waals surface area contributed by atoms with Crippen molar-refractivity contribution in [3.63, 3.8) is 0 Å². The lowest BCUT2D eigenvalue weighted by molar-refractivity contribution is 0.553. The zero-order valence-electron chi connectivity index (χ0n) is 10.1. The molecule has 0 saturated heterocycles. The number of aryl methyl sites for hydroxylation is 1. The molecule has 0 radical (unpaired) electrons. The molecule has 0 atom stereocenters. The van der Waals surface area contributed by atoms with E-state index in [1.54, 1.807) is 11.8 Å². The van der Waals surface area contributed by atoms with Crippen LogP contribution in [0.1, 0.15) is 11.1 Å². The van der Waals surface area contributed by atoms with Crippen LogP contribution in [0.25, 0.3) is 5.57 Å². The maximum absolute atomic E-state index is 9.25. The molecule has 0 aliphatic heterocycles. The number of benzene rings is 1. The van der Waals surface area contributed by atoms with Crippen LogP contribution in [0.15, 0.2) is 29.3 Å². The Labute approximate surface area is 102 Å². The summed E-state index contributed by atoms with van der Waals surface area (Å²) >= 11 is 1.59. The van der Waals surface area contributed by atoms with Gasteiger partial charge in [-0.25, -0.2) is 0 Å². The lowest BCUT2D eigenvalue weighted by Gasteiger charge is -2.17. The summed E-state index contributed by atoms with van der Waals surface area (Å²) in [5, 5.41) is 10.2. The quantitative estimate of drug-likeness (QED) is 0.749. The molecule has 0 bridgehead atoms. The highest BCUT2D eigenvalue weighted by Crippen LogP contribution is 2.26. The predicted octanol–water partition coefficient (Wildman–Crippen LogP) is 3.11. The average Bonchev–Trinajstić information content (AvgIpc) is 2.26. The van der Waals surface area contributed by atoms with Gasteiger partial charge in [0.05, 0.1) is 10.6 Å². The Morgan fingerprint density at radius 3 is 2.19 bits per heavy atom. The van der Waals surface area contributed by atoms with E-state index < -0.39 is 0 Å². The molecule has 0 heterocycles. The number of thioether (sulfide) groups is 1. The summed E-state index contributed by atoms with van der Waals surface area (Å²) < 4.78 is 0. The highest BCUT2D eigenvalue weighted by atomic mass is 32.2. The fourth-order valence-corrected chi connectivity index (χ4v) is 2.20. The van der Waals surface area contributed by atoms with Crippen molar-refractivity contribution in [1.29, 1.82) is 5.26 Å². The Morgan fingerprint density at radius 2 is 1.81 bits per heavy atom. The van der Waals surface area contributed by atoms with E-state index in [9.17, 15) is 5.26 Å². The van der Waals surface area contributed by atoms with Gasteiger partial charge in [-0.2, -0.15) is 5.26 Å². The average molecular weight is 232 g/mol. The molecule has 0 N–H and O–H groups in total. The van der Waals surface area contributed by atoms with Gasteiger partial charge in [0, 0.05) is 14.1 Å². The van der Waals surface area contributed by atoms with Crippen molar-refractivity contribution in [2.75, 3.05) is 20.4 Å². The summed E-state index contributed by atoms with van der Waals surface area (Å²) in [6.45, 7) is 2.04. The fourth-order valence-electron chi connectivity index (χ4n) is 1.46. The van der Waals surface area contributed by atoms with Crippen LogP contribution in [0.4, 0.5) is 0 Å². The van der Waals surface area contributed by atoms with E-state index in [0.29, 0.717) is 0 Å². The third-order valence-corrected chi connectivity index (χ3v) is 3.22. The van der Waals surface area contributed by atoms with Crippen LogP contribution >= 0.6 is 11.8 Å². The van der Waals surface area contributed by atoms with Crippen LogP contribution < -0.4 is 0 Å². The number of hydrogen-bond donors (Lipinski definition) is 0. The van der Waals surface area contributed by atoms with E-state index in [-0.39, 0.29) is 0 Å². The van der Waals surface area contributed by atoms with Gasteiger partial charge in [-0.1, -0.05) is 29.8 Å². The van der Waals surface area contributed by atoms with Crippen molar-refractivity contribution in [3.05, 3.63) is 40.4 Å². The SMILES string of the molecule is CS/C(=C(\C#N)c1ccc(C)cc1)N(C)C. The zero-order valence-corrected chi connectivity index (χ0v) is 10.9. The lowest BCUT2D eigenvalue weighted by atomic mass is 10.1. The molecule has 0 amide bonds. The summed E-state index contributed by atoms with van der Waals surface area (Å²) in [6, 6.07) is 10.3. The first-order chi connectivity index (χ1) is 7.60. The molecule has 3 heteroatoms. The first-order valence-electron chi connectivity index (χ1n) is 5.03. The maximum atomic E-state index is 9.25. The molecule has 0 aliphatic carbocycles. The van der Waals surface area contributed by atoms with Gasteiger partial charge in [-0.3, -0.25) is 0 Å². The molecule has 1 aromatic rings. The monoisotopic (exact) mass is 232 g/mol. The molecule has 1 rings (SSSR count). The van der Waals surface area contributed by atoms with E-state index in [4.69, 9.17) is 0 Å². The minimum absolute atomic E-state index is 0.734. The minimum atomic E-state index is 0.734. The molecule has 2 nitrogen and oxygen atoms in total. The highest BCUT2D eigenvalue weighted by Gasteiger charge is 2.09. The smallest absolute Gasteiger partial charge is 0.103 e. The van der Waals surface area contributed by atoms with E-state index in [2.05, 4.69) is 6.07 Å². The summed E-state index contributed by atoms with van der Waals surface area (Å²) in [4.78, 5) is 1.98. The summed E-state index contributed by atoms with van der Waals surface area (Å²) in [5.74, 6) is 0. The molecule has 1 aromatic carbocycles. The normalized spacial score (nSPS) is 11.7. The van der Waals surface area contributed by atoms with Gasteiger partial charge in [0.25, 0.3) is 0 Å². The van der Waals surface area contributed by atoms with Crippen LogP contribution in [-0.2, 0) is 0 Å². The molecular weight excluding hydrogens is 216 g/mol. The Bertz CT molecular complexity index is 424. The lowest BCUT2D eigenvalue weighted by Crippen LogP contribution is -2.10. The van der Waals surface area contributed by atoms with Gasteiger partial charge < -0.3 is 4.90 Å². The second kappa shape index (κ2) is 5.62. The van der Waals surface area contributed by atoms with Crippen LogP contribution in [0, 0.1) is 18.3 Å². The molecule has 16 heavy (non-hydrogen) atoms. The zero-order chi connectivity index (χ0) is 12.1. The molecule has 0 spiro atoms. The van der Waals surface area contributed by atoms with Gasteiger partial charge >= 0.3 is 0 Å². The Balaban J connectivity index is 3.26. The van der Waals surface area contributed by atoms with E-state index >= 15 is 0 Å². The molecule has 84 valence electrons. The van der Waals surface area contributed by atoms with Gasteiger partial charge in [0.15, 0.2) is 0 Å². The second-order valence-electron chi connectivity index (χ2n) is 3.76. The Hall–Kier alpha value is -1.40. The maximum Gasteiger partial charge on any atom is 0.103 e. The predicted molar refractivity (Wildman–Crippen MR) is 70.9 cm³/mol. The van der Waals surface area contributed by atoms with Crippen LogP contribution in [0.2, 0.25) is 0 Å². The van der Waals surface area contributed by atoms with Crippen molar-refractivity contribution in [3.8, 4) is 6.07 Å². The van der Waals surface area contributed by atoms with E-state index in [1.165, 1.54) is 5.56 Å². The minimum Gasteiger partial charge on any atom is -0.371 e. The van der Waals surface area contributed by atoms with Crippen LogP contribution in [0.3, 0.4) is 0 Å². The topological polar surface area (TPSA) is 27.0 Å². The largest absolute Gasteiger partial charge is 0.371 e. The number of rotatable bonds is 3. The van der Waals surface area contributed by atoms with Crippen molar-refractivity contribution < 1.29 is 0 Å². The standard InChI is InChI=1S/C13H16N2S/c1-10-5-7-11(8-6-10)12(9-14)13(16-4)15(2)3/h5-8H,1-4H3/b13-12+. The molecule has 0 aromatic heterocycles. The number of hydrogen-bond acceptors (Lipinski definition) is 3. The summed E-state index contributed by atoms with van der Waals surface area (Å²) in [7, 11) is 3.91. The van der Waals surface area contributed by atoms with E-state index in [1.807, 2.05) is 56.4 Å². The Kier molecular flexibility index (Phi) is 4.45. The second-order valence-corrected chi connectivity index (χ2v) is 4.55. The molecular formula is C13H16N2S. The van der Waals surface area contributed by atoms with Gasteiger partial charge in [-0.15, -0.1) is 11.8 Å². The fraction of sp³-hybridized carbons (Fsp3) is 0.308. The van der Waals surface area contributed by atoms with Crippen molar-refractivity contribution >= 4 is 17.3 Å². The Morgan fingerprint density at radius 1 is 1.25 bits per heavy atom. The van der Waals surface area contributed by atoms with Crippen LogP contribution in [0.5, 0.6) is 0 Å². The molecule has 0 fully saturated rings. The van der Waals surface area contributed by atoms with Gasteiger partial charge in [0.2, 0.25) is 0 Å². The summed E-state index contributed by atoms with van der Waals surface area (Å²) in [6.07, 6.45) is 1.99. The third-order valence-electron chi connectivity index (χ3n) is 2.27. The molecule has 0 aliphatic rings. The van der Waals surface area contributed by atoms with Crippen molar-refractivity contribution in [2.45, 2.75) is 6.92 Å². The number of allylic oxidation sites excluding steroid dienone is 1. The summed E-state index contributed by atoms with van der Waals surface area (Å²) in [5.41, 5.74) is 2.92.